The minimum Gasteiger partial charge on any atom is -0.320 e. The molecule has 0 aliphatic rings. The first-order valence-electron chi connectivity index (χ1n) is 6.45. The van der Waals surface area contributed by atoms with E-state index < -0.39 is 6.04 Å². The molecule has 0 radical (unpaired) electrons. The van der Waals surface area contributed by atoms with E-state index in [9.17, 15) is 4.39 Å². The molecule has 0 aliphatic heterocycles. The van der Waals surface area contributed by atoms with E-state index in [0.29, 0.717) is 15.1 Å². The fourth-order valence-electron chi connectivity index (χ4n) is 2.47. The molecule has 0 fully saturated rings. The highest BCUT2D eigenvalue weighted by atomic mass is 79.9. The largest absolute Gasteiger partial charge is 0.320 e. The molecule has 3 aromatic carbocycles. The standard InChI is InChI=1S/C17H12BrClFN/c18-14-9-16(20)13(8-15(14)19)17(21)12-7-3-5-10-4-1-2-6-11(10)12/h1-9,17H,21H2. The van der Waals surface area contributed by atoms with Gasteiger partial charge in [0, 0.05) is 10.0 Å². The van der Waals surface area contributed by atoms with Gasteiger partial charge in [0.15, 0.2) is 0 Å². The Bertz CT molecular complexity index is 814. The van der Waals surface area contributed by atoms with Crippen LogP contribution in [0.3, 0.4) is 0 Å². The lowest BCUT2D eigenvalue weighted by molar-refractivity contribution is 0.599. The summed E-state index contributed by atoms with van der Waals surface area (Å²) in [4.78, 5) is 0. The molecule has 4 heteroatoms. The summed E-state index contributed by atoms with van der Waals surface area (Å²) < 4.78 is 14.7. The second kappa shape index (κ2) is 5.76. The van der Waals surface area contributed by atoms with Gasteiger partial charge in [-0.05, 0) is 44.4 Å². The summed E-state index contributed by atoms with van der Waals surface area (Å²) in [6.45, 7) is 0. The third-order valence-electron chi connectivity index (χ3n) is 3.53. The van der Waals surface area contributed by atoms with Gasteiger partial charge in [0.1, 0.15) is 5.82 Å². The maximum Gasteiger partial charge on any atom is 0.129 e. The molecule has 0 amide bonds. The Hall–Kier alpha value is -1.42. The van der Waals surface area contributed by atoms with E-state index in [1.165, 1.54) is 6.07 Å². The molecule has 0 heterocycles. The molecule has 1 unspecified atom stereocenters. The Kier molecular flexibility index (Phi) is 3.98. The fourth-order valence-corrected chi connectivity index (χ4v) is 2.95. The van der Waals surface area contributed by atoms with Gasteiger partial charge in [-0.15, -0.1) is 0 Å². The van der Waals surface area contributed by atoms with Crippen molar-refractivity contribution in [2.75, 3.05) is 0 Å². The van der Waals surface area contributed by atoms with Crippen LogP contribution in [0.5, 0.6) is 0 Å². The van der Waals surface area contributed by atoms with Crippen molar-refractivity contribution >= 4 is 38.3 Å². The molecule has 1 atom stereocenters. The second-order valence-electron chi connectivity index (χ2n) is 4.83. The SMILES string of the molecule is NC(c1cc(Cl)c(Br)cc1F)c1cccc2ccccc12. The van der Waals surface area contributed by atoms with Gasteiger partial charge in [-0.3, -0.25) is 0 Å². The zero-order chi connectivity index (χ0) is 15.0. The molecule has 21 heavy (non-hydrogen) atoms. The van der Waals surface area contributed by atoms with Crippen LogP contribution in [0.25, 0.3) is 10.8 Å². The predicted molar refractivity (Wildman–Crippen MR) is 89.1 cm³/mol. The number of nitrogens with two attached hydrogens (primary N) is 1. The van der Waals surface area contributed by atoms with E-state index in [1.54, 1.807) is 6.07 Å². The number of hydrogen-bond donors (Lipinski definition) is 1. The van der Waals surface area contributed by atoms with Crippen LogP contribution in [0.15, 0.2) is 59.1 Å². The summed E-state index contributed by atoms with van der Waals surface area (Å²) in [6.07, 6.45) is 0. The highest BCUT2D eigenvalue weighted by Gasteiger charge is 2.17. The van der Waals surface area contributed by atoms with Gasteiger partial charge in [0.25, 0.3) is 0 Å². The molecule has 0 saturated heterocycles. The molecule has 0 spiro atoms. The van der Waals surface area contributed by atoms with Crippen molar-refractivity contribution in [1.82, 2.24) is 0 Å². The average Bonchev–Trinajstić information content (AvgIpc) is 2.49. The predicted octanol–water partition coefficient (Wildman–Crippen LogP) is 5.44. The molecule has 3 rings (SSSR count). The van der Waals surface area contributed by atoms with E-state index in [4.69, 9.17) is 17.3 Å². The number of rotatable bonds is 2. The summed E-state index contributed by atoms with van der Waals surface area (Å²) in [7, 11) is 0. The van der Waals surface area contributed by atoms with Crippen LogP contribution < -0.4 is 5.73 Å². The fraction of sp³-hybridized carbons (Fsp3) is 0.0588. The monoisotopic (exact) mass is 363 g/mol. The molecular weight excluding hydrogens is 353 g/mol. The molecule has 1 nitrogen and oxygen atoms in total. The minimum absolute atomic E-state index is 0.369. The Morgan fingerprint density at radius 1 is 1.00 bits per heavy atom. The zero-order valence-electron chi connectivity index (χ0n) is 11.0. The van der Waals surface area contributed by atoms with E-state index >= 15 is 0 Å². The molecule has 0 aliphatic carbocycles. The van der Waals surface area contributed by atoms with Crippen LogP contribution in [0.4, 0.5) is 4.39 Å². The Morgan fingerprint density at radius 2 is 1.71 bits per heavy atom. The summed E-state index contributed by atoms with van der Waals surface area (Å²) in [5, 5.41) is 2.54. The Morgan fingerprint density at radius 3 is 2.52 bits per heavy atom. The quantitative estimate of drug-likeness (QED) is 0.602. The Labute approximate surface area is 135 Å². The number of benzene rings is 3. The third kappa shape index (κ3) is 2.69. The molecule has 3 aromatic rings. The molecule has 0 aromatic heterocycles. The normalized spacial score (nSPS) is 12.6. The van der Waals surface area contributed by atoms with Crippen LogP contribution in [-0.2, 0) is 0 Å². The smallest absolute Gasteiger partial charge is 0.129 e. The van der Waals surface area contributed by atoms with Gasteiger partial charge in [0.2, 0.25) is 0 Å². The van der Waals surface area contributed by atoms with Gasteiger partial charge in [0.05, 0.1) is 11.1 Å². The van der Waals surface area contributed by atoms with E-state index in [1.807, 2.05) is 42.5 Å². The van der Waals surface area contributed by atoms with Gasteiger partial charge in [-0.25, -0.2) is 4.39 Å². The molecule has 0 saturated carbocycles. The first-order valence-corrected chi connectivity index (χ1v) is 7.62. The molecule has 106 valence electrons. The minimum atomic E-state index is -0.568. The van der Waals surface area contributed by atoms with Crippen LogP contribution >= 0.6 is 27.5 Å². The molecule has 0 bridgehead atoms. The van der Waals surface area contributed by atoms with Crippen LogP contribution in [0, 0.1) is 5.82 Å². The first-order chi connectivity index (χ1) is 10.1. The van der Waals surface area contributed by atoms with Gasteiger partial charge >= 0.3 is 0 Å². The van der Waals surface area contributed by atoms with Gasteiger partial charge in [-0.2, -0.15) is 0 Å². The topological polar surface area (TPSA) is 26.0 Å². The number of fused-ring (bicyclic) bond motifs is 1. The third-order valence-corrected chi connectivity index (χ3v) is 4.73. The van der Waals surface area contributed by atoms with E-state index in [-0.39, 0.29) is 5.82 Å². The van der Waals surface area contributed by atoms with Crippen molar-refractivity contribution in [3.8, 4) is 0 Å². The van der Waals surface area contributed by atoms with Crippen LogP contribution in [-0.4, -0.2) is 0 Å². The highest BCUT2D eigenvalue weighted by Crippen LogP contribution is 2.33. The summed E-state index contributed by atoms with van der Waals surface area (Å²) in [6, 6.07) is 16.1. The zero-order valence-corrected chi connectivity index (χ0v) is 13.3. The van der Waals surface area contributed by atoms with Crippen molar-refractivity contribution in [2.45, 2.75) is 6.04 Å². The van der Waals surface area contributed by atoms with Crippen molar-refractivity contribution in [1.29, 1.82) is 0 Å². The average molecular weight is 365 g/mol. The number of hydrogen-bond acceptors (Lipinski definition) is 1. The van der Waals surface area contributed by atoms with Crippen molar-refractivity contribution in [3.63, 3.8) is 0 Å². The van der Waals surface area contributed by atoms with E-state index in [2.05, 4.69) is 15.9 Å². The lowest BCUT2D eigenvalue weighted by Gasteiger charge is -2.17. The lowest BCUT2D eigenvalue weighted by atomic mass is 9.94. The van der Waals surface area contributed by atoms with Crippen LogP contribution in [0.1, 0.15) is 17.2 Å². The van der Waals surface area contributed by atoms with Crippen LogP contribution in [0.2, 0.25) is 5.02 Å². The van der Waals surface area contributed by atoms with Crippen molar-refractivity contribution in [2.24, 2.45) is 5.73 Å². The van der Waals surface area contributed by atoms with Gasteiger partial charge in [-0.1, -0.05) is 54.1 Å². The molecular formula is C17H12BrClFN. The summed E-state index contributed by atoms with van der Waals surface area (Å²) >= 11 is 9.28. The maximum absolute atomic E-state index is 14.2. The second-order valence-corrected chi connectivity index (χ2v) is 6.10. The molecule has 2 N–H and O–H groups in total. The summed E-state index contributed by atoms with van der Waals surface area (Å²) in [5.41, 5.74) is 7.56. The van der Waals surface area contributed by atoms with Crippen molar-refractivity contribution < 1.29 is 4.39 Å². The first kappa shape index (κ1) is 14.5. The lowest BCUT2D eigenvalue weighted by Crippen LogP contribution is -2.14. The van der Waals surface area contributed by atoms with Crippen molar-refractivity contribution in [3.05, 3.63) is 81.0 Å². The maximum atomic E-state index is 14.2. The number of halogens is 3. The van der Waals surface area contributed by atoms with E-state index in [0.717, 1.165) is 16.3 Å². The summed E-state index contributed by atoms with van der Waals surface area (Å²) in [5.74, 6) is -0.369. The Balaban J connectivity index is 2.17. The highest BCUT2D eigenvalue weighted by molar-refractivity contribution is 9.10. The van der Waals surface area contributed by atoms with Gasteiger partial charge < -0.3 is 5.73 Å².